The number of rotatable bonds is 3. The third-order valence-electron chi connectivity index (χ3n) is 4.13. The first-order valence-electron chi connectivity index (χ1n) is 7.58. The summed E-state index contributed by atoms with van der Waals surface area (Å²) >= 11 is 0. The highest BCUT2D eigenvalue weighted by Gasteiger charge is 2.37. The highest BCUT2D eigenvalue weighted by Crippen LogP contribution is 2.40. The molecule has 0 bridgehead atoms. The van der Waals surface area contributed by atoms with Crippen LogP contribution in [0, 0.1) is 6.92 Å². The van der Waals surface area contributed by atoms with E-state index in [0.29, 0.717) is 18.3 Å². The molecular weight excluding hydrogens is 294 g/mol. The van der Waals surface area contributed by atoms with E-state index in [1.165, 1.54) is 0 Å². The van der Waals surface area contributed by atoms with E-state index < -0.39 is 0 Å². The zero-order valence-corrected chi connectivity index (χ0v) is 13.0. The molecule has 4 rings (SSSR count). The molecule has 1 saturated heterocycles. The van der Waals surface area contributed by atoms with Crippen LogP contribution in [0.3, 0.4) is 0 Å². The standard InChI is InChI=1S/C16H17N5O2/c1-10-3-4-11(9-18-10)14-19-16(23-20-14)12-5-8-22-13(12)15-17-6-7-21(15)2/h3-4,6-7,9,12-13H,5,8H2,1-2H3/t12-,13-/m1/s1. The van der Waals surface area contributed by atoms with Gasteiger partial charge < -0.3 is 13.8 Å². The van der Waals surface area contributed by atoms with E-state index in [9.17, 15) is 0 Å². The Labute approximate surface area is 133 Å². The van der Waals surface area contributed by atoms with Gasteiger partial charge in [0.2, 0.25) is 11.7 Å². The van der Waals surface area contributed by atoms with Crippen molar-refractivity contribution >= 4 is 0 Å². The molecule has 0 saturated carbocycles. The number of nitrogens with zero attached hydrogens (tertiary/aromatic N) is 5. The van der Waals surface area contributed by atoms with Crippen molar-refractivity contribution in [1.29, 1.82) is 0 Å². The fourth-order valence-electron chi connectivity index (χ4n) is 2.85. The van der Waals surface area contributed by atoms with Gasteiger partial charge in [-0.25, -0.2) is 4.98 Å². The summed E-state index contributed by atoms with van der Waals surface area (Å²) in [5.41, 5.74) is 1.80. The Kier molecular flexibility index (Phi) is 3.42. The average molecular weight is 311 g/mol. The Morgan fingerprint density at radius 2 is 2.17 bits per heavy atom. The van der Waals surface area contributed by atoms with Gasteiger partial charge in [-0.3, -0.25) is 4.98 Å². The number of aryl methyl sites for hydroxylation is 2. The predicted molar refractivity (Wildman–Crippen MR) is 81.5 cm³/mol. The van der Waals surface area contributed by atoms with E-state index in [1.54, 1.807) is 12.4 Å². The Morgan fingerprint density at radius 3 is 2.91 bits per heavy atom. The average Bonchev–Trinajstić information content (AvgIpc) is 3.26. The van der Waals surface area contributed by atoms with Gasteiger partial charge in [-0.2, -0.15) is 4.98 Å². The van der Waals surface area contributed by atoms with Gasteiger partial charge in [0.15, 0.2) is 0 Å². The van der Waals surface area contributed by atoms with Crippen LogP contribution in [0.25, 0.3) is 11.4 Å². The fourth-order valence-corrected chi connectivity index (χ4v) is 2.85. The molecule has 1 fully saturated rings. The zero-order valence-electron chi connectivity index (χ0n) is 13.0. The SMILES string of the molecule is Cc1ccc(-c2noc([C@@H]3CCO[C@H]3c3nccn3C)n2)cn1. The van der Waals surface area contributed by atoms with Crippen molar-refractivity contribution in [2.45, 2.75) is 25.4 Å². The van der Waals surface area contributed by atoms with Gasteiger partial charge in [0.25, 0.3) is 0 Å². The summed E-state index contributed by atoms with van der Waals surface area (Å²) in [4.78, 5) is 13.2. The van der Waals surface area contributed by atoms with Gasteiger partial charge >= 0.3 is 0 Å². The van der Waals surface area contributed by atoms with Crippen molar-refractivity contribution < 1.29 is 9.26 Å². The Morgan fingerprint density at radius 1 is 1.26 bits per heavy atom. The quantitative estimate of drug-likeness (QED) is 0.739. The van der Waals surface area contributed by atoms with Crippen LogP contribution >= 0.6 is 0 Å². The largest absolute Gasteiger partial charge is 0.369 e. The van der Waals surface area contributed by atoms with Crippen molar-refractivity contribution in [3.05, 3.63) is 48.1 Å². The molecule has 1 aliphatic rings. The lowest BCUT2D eigenvalue weighted by atomic mass is 10.0. The molecule has 3 aromatic heterocycles. The minimum absolute atomic E-state index is 0.0238. The second-order valence-corrected chi connectivity index (χ2v) is 5.73. The summed E-state index contributed by atoms with van der Waals surface area (Å²) in [6, 6.07) is 3.87. The second kappa shape index (κ2) is 5.58. The summed E-state index contributed by atoms with van der Waals surface area (Å²) < 4.78 is 13.3. The molecular formula is C16H17N5O2. The molecule has 23 heavy (non-hydrogen) atoms. The molecule has 3 aromatic rings. The van der Waals surface area contributed by atoms with Crippen molar-refractivity contribution in [2.75, 3.05) is 6.61 Å². The lowest BCUT2D eigenvalue weighted by molar-refractivity contribution is 0.0895. The molecule has 0 aromatic carbocycles. The summed E-state index contributed by atoms with van der Waals surface area (Å²) in [6.07, 6.45) is 6.12. The van der Waals surface area contributed by atoms with Gasteiger partial charge in [0.05, 0.1) is 5.92 Å². The number of imidazole rings is 1. The summed E-state index contributed by atoms with van der Waals surface area (Å²) in [5, 5.41) is 4.09. The van der Waals surface area contributed by atoms with Crippen LogP contribution in [0.5, 0.6) is 0 Å². The normalized spacial score (nSPS) is 21.0. The molecule has 1 aliphatic heterocycles. The predicted octanol–water partition coefficient (Wildman–Crippen LogP) is 2.42. The van der Waals surface area contributed by atoms with Crippen molar-refractivity contribution in [3.63, 3.8) is 0 Å². The van der Waals surface area contributed by atoms with Crippen LogP contribution in [-0.2, 0) is 11.8 Å². The summed E-state index contributed by atoms with van der Waals surface area (Å²) in [7, 11) is 1.96. The van der Waals surface area contributed by atoms with Gasteiger partial charge in [0, 0.05) is 43.5 Å². The smallest absolute Gasteiger partial charge is 0.233 e. The van der Waals surface area contributed by atoms with Crippen LogP contribution in [0.2, 0.25) is 0 Å². The van der Waals surface area contributed by atoms with Crippen molar-refractivity contribution in [2.24, 2.45) is 7.05 Å². The van der Waals surface area contributed by atoms with Gasteiger partial charge in [-0.15, -0.1) is 0 Å². The number of hydrogen-bond acceptors (Lipinski definition) is 6. The molecule has 7 heteroatoms. The van der Waals surface area contributed by atoms with E-state index in [0.717, 1.165) is 23.5 Å². The minimum atomic E-state index is -0.153. The lowest BCUT2D eigenvalue weighted by Crippen LogP contribution is -2.11. The Balaban J connectivity index is 1.63. The summed E-state index contributed by atoms with van der Waals surface area (Å²) in [6.45, 7) is 2.60. The van der Waals surface area contributed by atoms with E-state index in [4.69, 9.17) is 9.26 Å². The first kappa shape index (κ1) is 14.1. The topological polar surface area (TPSA) is 78.9 Å². The Bertz CT molecular complexity index is 808. The van der Waals surface area contributed by atoms with E-state index in [-0.39, 0.29) is 12.0 Å². The number of hydrogen-bond donors (Lipinski definition) is 0. The van der Waals surface area contributed by atoms with Crippen LogP contribution in [0.4, 0.5) is 0 Å². The van der Waals surface area contributed by atoms with E-state index in [2.05, 4.69) is 20.1 Å². The van der Waals surface area contributed by atoms with Crippen LogP contribution in [-0.4, -0.2) is 31.3 Å². The molecule has 0 spiro atoms. The van der Waals surface area contributed by atoms with Crippen molar-refractivity contribution in [3.8, 4) is 11.4 Å². The molecule has 118 valence electrons. The van der Waals surface area contributed by atoms with Crippen LogP contribution in [0.15, 0.2) is 35.2 Å². The monoisotopic (exact) mass is 311 g/mol. The number of ether oxygens (including phenoxy) is 1. The zero-order chi connectivity index (χ0) is 15.8. The van der Waals surface area contributed by atoms with Gasteiger partial charge in [-0.1, -0.05) is 5.16 Å². The number of aromatic nitrogens is 5. The highest BCUT2D eigenvalue weighted by atomic mass is 16.5. The molecule has 4 heterocycles. The molecule has 7 nitrogen and oxygen atoms in total. The van der Waals surface area contributed by atoms with E-state index in [1.807, 2.05) is 36.9 Å². The minimum Gasteiger partial charge on any atom is -0.369 e. The second-order valence-electron chi connectivity index (χ2n) is 5.73. The van der Waals surface area contributed by atoms with Crippen LogP contribution in [0.1, 0.15) is 35.9 Å². The lowest BCUT2D eigenvalue weighted by Gasteiger charge is -2.14. The molecule has 0 aliphatic carbocycles. The third-order valence-corrected chi connectivity index (χ3v) is 4.13. The maximum atomic E-state index is 5.85. The van der Waals surface area contributed by atoms with Crippen molar-refractivity contribution in [1.82, 2.24) is 24.7 Å². The van der Waals surface area contributed by atoms with Crippen LogP contribution < -0.4 is 0 Å². The molecule has 0 radical (unpaired) electrons. The maximum absolute atomic E-state index is 5.85. The van der Waals surface area contributed by atoms with Gasteiger partial charge in [-0.05, 0) is 25.5 Å². The maximum Gasteiger partial charge on any atom is 0.233 e. The molecule has 0 unspecified atom stereocenters. The van der Waals surface area contributed by atoms with E-state index >= 15 is 0 Å². The third kappa shape index (κ3) is 2.53. The molecule has 2 atom stereocenters. The van der Waals surface area contributed by atoms with Gasteiger partial charge in [0.1, 0.15) is 11.9 Å². The highest BCUT2D eigenvalue weighted by molar-refractivity contribution is 5.52. The molecule has 0 amide bonds. The fraction of sp³-hybridized carbons (Fsp3) is 0.375. The molecule has 0 N–H and O–H groups in total. The first-order chi connectivity index (χ1) is 11.2. The Hall–Kier alpha value is -2.54. The first-order valence-corrected chi connectivity index (χ1v) is 7.58. The summed E-state index contributed by atoms with van der Waals surface area (Å²) in [5.74, 6) is 2.05. The number of pyridine rings is 1.